The molecule has 0 heterocycles. The second kappa shape index (κ2) is 8.16. The van der Waals surface area contributed by atoms with Gasteiger partial charge in [0.15, 0.2) is 0 Å². The van der Waals surface area contributed by atoms with Crippen LogP contribution in [0.15, 0.2) is 17.1 Å². The second-order valence-corrected chi connectivity index (χ2v) is 2.54. The molecule has 5 heteroatoms. The highest BCUT2D eigenvalue weighted by Gasteiger charge is 2.06. The molecule has 0 fully saturated rings. The van der Waals surface area contributed by atoms with Crippen LogP contribution in [0.25, 0.3) is 0 Å². The molecule has 0 rings (SSSR count). The van der Waals surface area contributed by atoms with Gasteiger partial charge in [-0.25, -0.2) is 14.6 Å². The van der Waals surface area contributed by atoms with E-state index in [-0.39, 0.29) is 19.8 Å². The molecule has 0 bridgehead atoms. The molecule has 5 nitrogen and oxygen atoms in total. The molecule has 0 saturated heterocycles. The Kier molecular flexibility index (Phi) is 7.32. The van der Waals surface area contributed by atoms with E-state index in [1.54, 1.807) is 0 Å². The van der Waals surface area contributed by atoms with Gasteiger partial charge in [-0.2, -0.15) is 0 Å². The highest BCUT2D eigenvalue weighted by Crippen LogP contribution is 2.03. The molecule has 0 aromatic rings. The number of hydrogen-bond donors (Lipinski definition) is 1. The number of hydrogen-bond acceptors (Lipinski definition) is 5. The van der Waals surface area contributed by atoms with Crippen LogP contribution in [0, 0.1) is 0 Å². The molecular weight excluding hydrogens is 186 g/mol. The van der Waals surface area contributed by atoms with Gasteiger partial charge in [-0.15, -0.1) is 0 Å². The average molecular weight is 199 g/mol. The highest BCUT2D eigenvalue weighted by atomic mass is 16.5. The summed E-state index contributed by atoms with van der Waals surface area (Å²) < 4.78 is 4.71. The minimum atomic E-state index is -0.514. The number of aliphatic imine (C=N–C) groups is 1. The molecule has 0 aliphatic rings. The van der Waals surface area contributed by atoms with Gasteiger partial charge in [0.1, 0.15) is 6.61 Å². The van der Waals surface area contributed by atoms with Crippen molar-refractivity contribution in [3.8, 4) is 0 Å². The summed E-state index contributed by atoms with van der Waals surface area (Å²) in [5.74, 6) is -0.514. The maximum atomic E-state index is 11.1. The van der Waals surface area contributed by atoms with Crippen molar-refractivity contribution in [3.63, 3.8) is 0 Å². The smallest absolute Gasteiger partial charge is 0.333 e. The molecule has 0 unspecified atom stereocenters. The Balaban J connectivity index is 3.62. The molecule has 0 atom stereocenters. The monoisotopic (exact) mass is 199 g/mol. The van der Waals surface area contributed by atoms with E-state index in [2.05, 4.69) is 11.6 Å². The molecule has 14 heavy (non-hydrogen) atoms. The van der Waals surface area contributed by atoms with E-state index in [1.165, 1.54) is 6.08 Å². The van der Waals surface area contributed by atoms with Gasteiger partial charge in [0.05, 0.1) is 6.54 Å². The van der Waals surface area contributed by atoms with Crippen LogP contribution in [-0.4, -0.2) is 36.9 Å². The minimum Gasteiger partial charge on any atom is -0.460 e. The molecule has 1 N–H and O–H groups in total. The van der Waals surface area contributed by atoms with Crippen LogP contribution in [0.4, 0.5) is 0 Å². The first-order valence-corrected chi connectivity index (χ1v) is 4.21. The molecule has 0 saturated carbocycles. The van der Waals surface area contributed by atoms with Gasteiger partial charge in [0, 0.05) is 12.2 Å². The molecule has 0 aromatic carbocycles. The number of carbonyl (C=O) groups is 1. The Morgan fingerprint density at radius 1 is 1.57 bits per heavy atom. The van der Waals surface area contributed by atoms with Crippen LogP contribution in [0.5, 0.6) is 0 Å². The number of esters is 1. The average Bonchev–Trinajstić information content (AvgIpc) is 2.20. The third-order valence-electron chi connectivity index (χ3n) is 1.43. The summed E-state index contributed by atoms with van der Waals surface area (Å²) in [5, 5.41) is 8.49. The van der Waals surface area contributed by atoms with Crippen LogP contribution < -0.4 is 0 Å². The summed E-state index contributed by atoms with van der Waals surface area (Å²) in [4.78, 5) is 23.9. The number of aliphatic hydroxyl groups excluding tert-OH is 1. The first kappa shape index (κ1) is 12.6. The maximum absolute atomic E-state index is 11.1. The number of aliphatic hydroxyl groups is 1. The fourth-order valence-corrected chi connectivity index (χ4v) is 0.726. The summed E-state index contributed by atoms with van der Waals surface area (Å²) >= 11 is 0. The van der Waals surface area contributed by atoms with Gasteiger partial charge in [0.25, 0.3) is 0 Å². The molecule has 78 valence electrons. The Morgan fingerprint density at radius 2 is 2.29 bits per heavy atom. The fraction of sp³-hybridized carbons (Fsp3) is 0.556. The first-order valence-electron chi connectivity index (χ1n) is 4.21. The van der Waals surface area contributed by atoms with E-state index in [0.717, 1.165) is 0 Å². The topological polar surface area (TPSA) is 76.0 Å². The van der Waals surface area contributed by atoms with Crippen molar-refractivity contribution in [3.05, 3.63) is 12.2 Å². The van der Waals surface area contributed by atoms with Gasteiger partial charge in [-0.05, 0) is 12.8 Å². The predicted molar refractivity (Wildman–Crippen MR) is 49.4 cm³/mol. The van der Waals surface area contributed by atoms with Crippen LogP contribution in [0.2, 0.25) is 0 Å². The zero-order valence-corrected chi connectivity index (χ0v) is 7.86. The minimum absolute atomic E-state index is 0.0156. The Labute approximate surface area is 82.1 Å². The van der Waals surface area contributed by atoms with Crippen molar-refractivity contribution in [1.82, 2.24) is 0 Å². The van der Waals surface area contributed by atoms with Gasteiger partial charge in [-0.1, -0.05) is 6.58 Å². The summed E-state index contributed by atoms with van der Waals surface area (Å²) in [5.41, 5.74) is 0.314. The van der Waals surface area contributed by atoms with E-state index < -0.39 is 5.97 Å². The number of carbonyl (C=O) groups excluding carboxylic acids is 2. The molecule has 0 aliphatic heterocycles. The van der Waals surface area contributed by atoms with Crippen LogP contribution in [0.1, 0.15) is 12.8 Å². The number of rotatable bonds is 7. The Bertz CT molecular complexity index is 243. The standard InChI is InChI=1S/C9H13NO4/c1-8(3-2-5-11)9(13)14-6-4-10-7-12/h11H,1-6H2. The summed E-state index contributed by atoms with van der Waals surface area (Å²) in [7, 11) is 0. The lowest BCUT2D eigenvalue weighted by Crippen LogP contribution is -2.10. The lowest BCUT2D eigenvalue weighted by Gasteiger charge is -2.04. The SMILES string of the molecule is C=C(CCCO)C(=O)OCCN=C=O. The van der Waals surface area contributed by atoms with Gasteiger partial charge in [0.2, 0.25) is 6.08 Å². The summed E-state index contributed by atoms with van der Waals surface area (Å²) in [6, 6.07) is 0. The zero-order chi connectivity index (χ0) is 10.8. The van der Waals surface area contributed by atoms with Crippen molar-refractivity contribution in [2.24, 2.45) is 4.99 Å². The van der Waals surface area contributed by atoms with Crippen LogP contribution >= 0.6 is 0 Å². The van der Waals surface area contributed by atoms with Crippen molar-refractivity contribution in [1.29, 1.82) is 0 Å². The number of isocyanates is 1. The Hall–Kier alpha value is -1.45. The first-order chi connectivity index (χ1) is 6.72. The normalized spacial score (nSPS) is 8.93. The van der Waals surface area contributed by atoms with E-state index in [4.69, 9.17) is 9.84 Å². The molecule has 0 aromatic heterocycles. The van der Waals surface area contributed by atoms with Gasteiger partial charge < -0.3 is 9.84 Å². The third kappa shape index (κ3) is 6.11. The van der Waals surface area contributed by atoms with Crippen LogP contribution in [-0.2, 0) is 14.3 Å². The quantitative estimate of drug-likeness (QED) is 0.209. The van der Waals surface area contributed by atoms with Crippen molar-refractivity contribution in [2.45, 2.75) is 12.8 Å². The van der Waals surface area contributed by atoms with Gasteiger partial charge >= 0.3 is 5.97 Å². The predicted octanol–water partition coefficient (Wildman–Crippen LogP) is 0.194. The lowest BCUT2D eigenvalue weighted by molar-refractivity contribution is -0.138. The fourth-order valence-electron chi connectivity index (χ4n) is 0.726. The van der Waals surface area contributed by atoms with Crippen molar-refractivity contribution in [2.75, 3.05) is 19.8 Å². The van der Waals surface area contributed by atoms with Crippen molar-refractivity contribution < 1.29 is 19.4 Å². The number of nitrogens with zero attached hydrogens (tertiary/aromatic N) is 1. The highest BCUT2D eigenvalue weighted by molar-refractivity contribution is 5.87. The van der Waals surface area contributed by atoms with Crippen LogP contribution in [0.3, 0.4) is 0 Å². The lowest BCUT2D eigenvalue weighted by atomic mass is 10.2. The largest absolute Gasteiger partial charge is 0.460 e. The number of ether oxygens (including phenoxy) is 1. The molecule has 0 spiro atoms. The van der Waals surface area contributed by atoms with Gasteiger partial charge in [-0.3, -0.25) is 0 Å². The Morgan fingerprint density at radius 3 is 2.86 bits per heavy atom. The molecule has 0 radical (unpaired) electrons. The summed E-state index contributed by atoms with van der Waals surface area (Å²) in [6.07, 6.45) is 2.23. The van der Waals surface area contributed by atoms with E-state index in [0.29, 0.717) is 18.4 Å². The molecule has 0 amide bonds. The second-order valence-electron chi connectivity index (χ2n) is 2.54. The van der Waals surface area contributed by atoms with E-state index in [9.17, 15) is 9.59 Å². The third-order valence-corrected chi connectivity index (χ3v) is 1.43. The zero-order valence-electron chi connectivity index (χ0n) is 7.86. The van der Waals surface area contributed by atoms with E-state index in [1.807, 2.05) is 0 Å². The molecular formula is C9H13NO4. The summed E-state index contributed by atoms with van der Waals surface area (Å²) in [6.45, 7) is 3.67. The van der Waals surface area contributed by atoms with E-state index >= 15 is 0 Å². The van der Waals surface area contributed by atoms with Crippen molar-refractivity contribution >= 4 is 12.0 Å². The molecule has 0 aliphatic carbocycles. The maximum Gasteiger partial charge on any atom is 0.333 e.